The molecule has 0 bridgehead atoms. The molecule has 0 nitrogen and oxygen atoms in total. The first-order valence-electron chi connectivity index (χ1n) is 15.2. The van der Waals surface area contributed by atoms with Crippen LogP contribution in [0.15, 0.2) is 91.0 Å². The maximum absolute atomic E-state index is 2.49. The van der Waals surface area contributed by atoms with Crippen LogP contribution in [0.4, 0.5) is 0 Å². The maximum Gasteiger partial charge on any atom is 0.0387 e. The second kappa shape index (κ2) is 9.62. The van der Waals surface area contributed by atoms with Gasteiger partial charge in [-0.2, -0.15) is 0 Å². The fourth-order valence-electron chi connectivity index (χ4n) is 7.17. The van der Waals surface area contributed by atoms with Gasteiger partial charge in [-0.25, -0.2) is 0 Å². The number of hydrogen-bond acceptors (Lipinski definition) is 3. The van der Waals surface area contributed by atoms with Crippen LogP contribution in [-0.2, 0) is 6.42 Å². The minimum Gasteiger partial charge on any atom is -0.135 e. The van der Waals surface area contributed by atoms with Gasteiger partial charge in [-0.05, 0) is 119 Å². The molecule has 1 unspecified atom stereocenters. The average Bonchev–Trinajstić information content (AvgIpc) is 3.71. The summed E-state index contributed by atoms with van der Waals surface area (Å²) in [5.74, 6) is 0.582. The van der Waals surface area contributed by atoms with Crippen LogP contribution in [0.2, 0.25) is 0 Å². The van der Waals surface area contributed by atoms with Gasteiger partial charge in [0.25, 0.3) is 0 Å². The molecule has 3 aromatic heterocycles. The van der Waals surface area contributed by atoms with E-state index in [-0.39, 0.29) is 0 Å². The topological polar surface area (TPSA) is 0 Å². The van der Waals surface area contributed by atoms with Crippen molar-refractivity contribution in [2.24, 2.45) is 0 Å². The Labute approximate surface area is 263 Å². The van der Waals surface area contributed by atoms with Gasteiger partial charge in [0.2, 0.25) is 0 Å². The van der Waals surface area contributed by atoms with E-state index in [4.69, 9.17) is 0 Å². The van der Waals surface area contributed by atoms with Crippen molar-refractivity contribution in [2.75, 3.05) is 0 Å². The van der Waals surface area contributed by atoms with Gasteiger partial charge in [0, 0.05) is 49.9 Å². The third-order valence-corrected chi connectivity index (χ3v) is 13.1. The summed E-state index contributed by atoms with van der Waals surface area (Å²) in [6.45, 7) is 6.90. The highest BCUT2D eigenvalue weighted by molar-refractivity contribution is 7.26. The van der Waals surface area contributed by atoms with Gasteiger partial charge in [-0.15, -0.1) is 34.0 Å². The molecule has 0 saturated carbocycles. The van der Waals surface area contributed by atoms with Gasteiger partial charge in [0.1, 0.15) is 0 Å². The van der Waals surface area contributed by atoms with Crippen molar-refractivity contribution in [3.8, 4) is 22.3 Å². The zero-order valence-corrected chi connectivity index (χ0v) is 26.9. The molecule has 0 fully saturated rings. The lowest BCUT2D eigenvalue weighted by molar-refractivity contribution is 0.783. The molecule has 9 rings (SSSR count). The van der Waals surface area contributed by atoms with E-state index >= 15 is 0 Å². The van der Waals surface area contributed by atoms with Crippen molar-refractivity contribution in [3.05, 3.63) is 113 Å². The van der Waals surface area contributed by atoms with Crippen molar-refractivity contribution < 1.29 is 0 Å². The van der Waals surface area contributed by atoms with E-state index in [1.54, 1.807) is 5.56 Å². The number of aryl methyl sites for hydroxylation is 2. The van der Waals surface area contributed by atoms with Gasteiger partial charge in [-0.3, -0.25) is 0 Å². The Hall–Kier alpha value is -3.76. The van der Waals surface area contributed by atoms with Crippen LogP contribution in [0.3, 0.4) is 0 Å². The molecule has 0 aliphatic heterocycles. The van der Waals surface area contributed by atoms with E-state index in [2.05, 4.69) is 118 Å². The monoisotopic (exact) mass is 606 g/mol. The number of fused-ring (bicyclic) bond motifs is 9. The van der Waals surface area contributed by atoms with E-state index in [0.717, 1.165) is 12.8 Å². The van der Waals surface area contributed by atoms with Crippen LogP contribution in [0, 0.1) is 6.92 Å². The minimum atomic E-state index is 0.582. The molecule has 1 aliphatic carbocycles. The molecule has 8 aromatic rings. The quantitative estimate of drug-likeness (QED) is 0.188. The van der Waals surface area contributed by atoms with E-state index in [0.29, 0.717) is 5.92 Å². The molecule has 1 atom stereocenters. The maximum atomic E-state index is 2.49. The van der Waals surface area contributed by atoms with Gasteiger partial charge in [0.15, 0.2) is 0 Å². The second-order valence-electron chi connectivity index (χ2n) is 12.1. The van der Waals surface area contributed by atoms with Crippen LogP contribution in [0.1, 0.15) is 47.8 Å². The lowest BCUT2D eigenvalue weighted by Gasteiger charge is -2.14. The van der Waals surface area contributed by atoms with Crippen LogP contribution in [-0.4, -0.2) is 0 Å². The Morgan fingerprint density at radius 1 is 0.628 bits per heavy atom. The molecule has 1 aliphatic rings. The Balaban J connectivity index is 1.15. The van der Waals surface area contributed by atoms with Crippen LogP contribution in [0.5, 0.6) is 0 Å². The molecule has 208 valence electrons. The minimum absolute atomic E-state index is 0.582. The zero-order chi connectivity index (χ0) is 28.8. The molecule has 0 spiro atoms. The lowest BCUT2D eigenvalue weighted by Crippen LogP contribution is -1.96. The van der Waals surface area contributed by atoms with Gasteiger partial charge in [0.05, 0.1) is 0 Å². The normalized spacial score (nSPS) is 15.0. The summed E-state index contributed by atoms with van der Waals surface area (Å²) >= 11 is 5.81. The first-order chi connectivity index (χ1) is 21.1. The number of thiophene rings is 3. The zero-order valence-electron chi connectivity index (χ0n) is 24.5. The summed E-state index contributed by atoms with van der Waals surface area (Å²) in [4.78, 5) is 1.45. The number of benzene rings is 5. The Morgan fingerprint density at radius 3 is 2.07 bits per heavy atom. The van der Waals surface area contributed by atoms with Gasteiger partial charge >= 0.3 is 0 Å². The summed E-state index contributed by atoms with van der Waals surface area (Å²) < 4.78 is 6.98. The highest BCUT2D eigenvalue weighted by atomic mass is 32.1. The van der Waals surface area contributed by atoms with Gasteiger partial charge in [-0.1, -0.05) is 62.4 Å². The van der Waals surface area contributed by atoms with E-state index in [1.165, 1.54) is 88.7 Å². The third kappa shape index (κ3) is 3.92. The second-order valence-corrected chi connectivity index (χ2v) is 15.3. The highest BCUT2D eigenvalue weighted by Crippen LogP contribution is 2.46. The largest absolute Gasteiger partial charge is 0.135 e. The SMILES string of the molecule is CCc1ccc2c(sc3ccc(-c4cccc(-c5ccc6sc7cc8sc9c(c8cc7c6c5)C(C)CC=C9)c4)cc32)c1C. The number of allylic oxidation sites excluding steroid dienone is 1. The first kappa shape index (κ1) is 25.7. The summed E-state index contributed by atoms with van der Waals surface area (Å²) in [6.07, 6.45) is 6.89. The van der Waals surface area contributed by atoms with E-state index in [1.807, 2.05) is 34.0 Å². The standard InChI is InChI=1S/C40H30S3/c1-4-24-11-14-29-30-18-27(13-16-35(30)43-40(29)23(24)3)25-8-6-9-26(17-25)28-12-15-34-31(19-28)32-20-33-38(21-37(32)41-34)42-36-10-5-7-22(2)39(33)36/h5-6,8-22H,4,7H2,1-3H3. The van der Waals surface area contributed by atoms with Crippen molar-refractivity contribution in [1.82, 2.24) is 0 Å². The Bertz CT molecular complexity index is 2440. The molecule has 43 heavy (non-hydrogen) atoms. The summed E-state index contributed by atoms with van der Waals surface area (Å²) in [7, 11) is 0. The average molecular weight is 607 g/mol. The van der Waals surface area contributed by atoms with Crippen molar-refractivity contribution in [1.29, 1.82) is 0 Å². The summed E-state index contributed by atoms with van der Waals surface area (Å²) in [6, 6.07) is 32.7. The molecular formula is C40H30S3. The molecule has 0 amide bonds. The molecule has 3 heteroatoms. The van der Waals surface area contributed by atoms with E-state index < -0.39 is 0 Å². The van der Waals surface area contributed by atoms with E-state index in [9.17, 15) is 0 Å². The Morgan fingerprint density at radius 2 is 1.30 bits per heavy atom. The lowest BCUT2D eigenvalue weighted by atomic mass is 9.90. The number of hydrogen-bond donors (Lipinski definition) is 0. The molecule has 0 saturated heterocycles. The fourth-order valence-corrected chi connectivity index (χ4v) is 10.8. The Kier molecular flexibility index (Phi) is 5.75. The van der Waals surface area contributed by atoms with Crippen LogP contribution >= 0.6 is 34.0 Å². The molecular weight excluding hydrogens is 577 g/mol. The van der Waals surface area contributed by atoms with Crippen molar-refractivity contribution in [2.45, 2.75) is 39.5 Å². The first-order valence-corrected chi connectivity index (χ1v) is 17.7. The highest BCUT2D eigenvalue weighted by Gasteiger charge is 2.20. The predicted molar refractivity (Wildman–Crippen MR) is 195 cm³/mol. The predicted octanol–water partition coefficient (Wildman–Crippen LogP) is 13.4. The molecule has 0 N–H and O–H groups in total. The van der Waals surface area contributed by atoms with Crippen molar-refractivity contribution in [3.63, 3.8) is 0 Å². The van der Waals surface area contributed by atoms with Gasteiger partial charge < -0.3 is 0 Å². The van der Waals surface area contributed by atoms with Crippen LogP contribution in [0.25, 0.3) is 78.8 Å². The third-order valence-electron chi connectivity index (χ3n) is 9.51. The summed E-state index contributed by atoms with van der Waals surface area (Å²) in [5, 5.41) is 6.97. The molecule has 5 aromatic carbocycles. The van der Waals surface area contributed by atoms with Crippen molar-refractivity contribution >= 4 is 90.5 Å². The fraction of sp³-hybridized carbons (Fsp3) is 0.150. The number of rotatable bonds is 3. The van der Waals surface area contributed by atoms with Crippen LogP contribution < -0.4 is 0 Å². The molecule has 0 radical (unpaired) electrons. The summed E-state index contributed by atoms with van der Waals surface area (Å²) in [5.41, 5.74) is 9.53. The molecule has 3 heterocycles. The smallest absolute Gasteiger partial charge is 0.0387 e.